The van der Waals surface area contributed by atoms with E-state index in [-0.39, 0.29) is 18.4 Å². The highest BCUT2D eigenvalue weighted by Gasteiger charge is 2.11. The highest BCUT2D eigenvalue weighted by atomic mass is 16.5. The quantitative estimate of drug-likeness (QED) is 0.775. The monoisotopic (exact) mass is 297 g/mol. The van der Waals surface area contributed by atoms with E-state index in [1.807, 2.05) is 55.6 Å². The molecule has 0 amide bonds. The van der Waals surface area contributed by atoms with Crippen molar-refractivity contribution in [3.05, 3.63) is 54.2 Å². The lowest BCUT2D eigenvalue weighted by atomic mass is 10.0. The number of hydrogen-bond acceptors (Lipinski definition) is 3. The van der Waals surface area contributed by atoms with E-state index < -0.39 is 0 Å². The predicted molar refractivity (Wildman–Crippen MR) is 87.0 cm³/mol. The van der Waals surface area contributed by atoms with Crippen molar-refractivity contribution in [1.82, 2.24) is 4.57 Å². The van der Waals surface area contributed by atoms with Gasteiger partial charge in [-0.3, -0.25) is 4.57 Å². The Morgan fingerprint density at radius 2 is 1.86 bits per heavy atom. The van der Waals surface area contributed by atoms with Gasteiger partial charge in [-0.15, -0.1) is 0 Å². The van der Waals surface area contributed by atoms with Crippen molar-refractivity contribution in [2.45, 2.75) is 12.8 Å². The van der Waals surface area contributed by atoms with Crippen molar-refractivity contribution in [2.24, 2.45) is 0 Å². The van der Waals surface area contributed by atoms with Gasteiger partial charge in [-0.2, -0.15) is 0 Å². The first kappa shape index (κ1) is 14.5. The maximum atomic E-state index is 10.5. The Hall–Kier alpha value is -2.46. The second-order valence-electron chi connectivity index (χ2n) is 5.45. The molecular weight excluding hydrogens is 278 g/mol. The number of benzene rings is 2. The third kappa shape index (κ3) is 2.42. The summed E-state index contributed by atoms with van der Waals surface area (Å²) in [5.74, 6) is 1.01. The molecule has 22 heavy (non-hydrogen) atoms. The SMILES string of the molecule is COc1ccc2cn(-c3ccc(C(C)CO)cc3)c(O)c2c1. The van der Waals surface area contributed by atoms with Gasteiger partial charge < -0.3 is 14.9 Å². The van der Waals surface area contributed by atoms with Crippen LogP contribution in [-0.2, 0) is 0 Å². The zero-order valence-corrected chi connectivity index (χ0v) is 12.7. The topological polar surface area (TPSA) is 54.6 Å². The minimum Gasteiger partial charge on any atom is -0.497 e. The van der Waals surface area contributed by atoms with Crippen LogP contribution in [0.3, 0.4) is 0 Å². The zero-order valence-electron chi connectivity index (χ0n) is 12.7. The van der Waals surface area contributed by atoms with Crippen LogP contribution in [0.15, 0.2) is 48.7 Å². The van der Waals surface area contributed by atoms with E-state index in [1.165, 1.54) is 0 Å². The van der Waals surface area contributed by atoms with Crippen molar-refractivity contribution >= 4 is 10.8 Å². The molecule has 4 heteroatoms. The van der Waals surface area contributed by atoms with E-state index >= 15 is 0 Å². The number of aromatic nitrogens is 1. The summed E-state index contributed by atoms with van der Waals surface area (Å²) in [4.78, 5) is 0. The Morgan fingerprint density at radius 3 is 2.50 bits per heavy atom. The lowest BCUT2D eigenvalue weighted by Gasteiger charge is -2.10. The van der Waals surface area contributed by atoms with Crippen LogP contribution >= 0.6 is 0 Å². The minimum atomic E-state index is 0.107. The summed E-state index contributed by atoms with van der Waals surface area (Å²) in [5.41, 5.74) is 1.95. The van der Waals surface area contributed by atoms with E-state index in [1.54, 1.807) is 11.7 Å². The number of aromatic hydroxyl groups is 1. The van der Waals surface area contributed by atoms with Crippen LogP contribution in [0.1, 0.15) is 18.4 Å². The van der Waals surface area contributed by atoms with Gasteiger partial charge in [0.15, 0.2) is 0 Å². The Morgan fingerprint density at radius 1 is 1.14 bits per heavy atom. The average molecular weight is 297 g/mol. The summed E-state index contributed by atoms with van der Waals surface area (Å²) in [6.45, 7) is 2.10. The van der Waals surface area contributed by atoms with Crippen molar-refractivity contribution < 1.29 is 14.9 Å². The number of methoxy groups -OCH3 is 1. The molecule has 0 aliphatic rings. The van der Waals surface area contributed by atoms with Crippen LogP contribution in [-0.4, -0.2) is 28.5 Å². The second kappa shape index (κ2) is 5.73. The van der Waals surface area contributed by atoms with Crippen LogP contribution in [0.25, 0.3) is 16.5 Å². The van der Waals surface area contributed by atoms with E-state index in [4.69, 9.17) is 4.74 Å². The number of ether oxygens (including phenoxy) is 1. The van der Waals surface area contributed by atoms with Crippen molar-refractivity contribution in [2.75, 3.05) is 13.7 Å². The van der Waals surface area contributed by atoms with Crippen LogP contribution in [0.2, 0.25) is 0 Å². The summed E-state index contributed by atoms with van der Waals surface area (Å²) in [6.07, 6.45) is 1.90. The molecule has 0 saturated heterocycles. The molecule has 3 aromatic rings. The van der Waals surface area contributed by atoms with Gasteiger partial charge in [-0.05, 0) is 35.9 Å². The molecule has 0 spiro atoms. The van der Waals surface area contributed by atoms with Gasteiger partial charge in [0, 0.05) is 35.2 Å². The number of aliphatic hydroxyl groups excluding tert-OH is 1. The molecule has 1 atom stereocenters. The normalized spacial score (nSPS) is 12.5. The summed E-state index contributed by atoms with van der Waals surface area (Å²) < 4.78 is 6.95. The van der Waals surface area contributed by atoms with Gasteiger partial charge in [0.25, 0.3) is 0 Å². The molecule has 1 heterocycles. The highest BCUT2D eigenvalue weighted by Crippen LogP contribution is 2.33. The van der Waals surface area contributed by atoms with Gasteiger partial charge in [0.2, 0.25) is 5.88 Å². The maximum Gasteiger partial charge on any atom is 0.203 e. The van der Waals surface area contributed by atoms with Crippen LogP contribution in [0, 0.1) is 0 Å². The molecule has 114 valence electrons. The fraction of sp³-hybridized carbons (Fsp3) is 0.222. The fourth-order valence-electron chi connectivity index (χ4n) is 2.56. The number of rotatable bonds is 4. The summed E-state index contributed by atoms with van der Waals surface area (Å²) in [5, 5.41) is 21.4. The van der Waals surface area contributed by atoms with Crippen LogP contribution in [0.4, 0.5) is 0 Å². The molecule has 1 unspecified atom stereocenters. The highest BCUT2D eigenvalue weighted by molar-refractivity contribution is 5.90. The number of aliphatic hydroxyl groups is 1. The molecule has 0 saturated carbocycles. The van der Waals surface area contributed by atoms with Crippen LogP contribution in [0.5, 0.6) is 11.6 Å². The molecule has 0 radical (unpaired) electrons. The van der Waals surface area contributed by atoms with E-state index in [0.29, 0.717) is 5.75 Å². The maximum absolute atomic E-state index is 10.5. The second-order valence-corrected chi connectivity index (χ2v) is 5.45. The first-order chi connectivity index (χ1) is 10.6. The first-order valence-electron chi connectivity index (χ1n) is 7.23. The van der Waals surface area contributed by atoms with E-state index in [2.05, 4.69) is 0 Å². The minimum absolute atomic E-state index is 0.107. The summed E-state index contributed by atoms with van der Waals surface area (Å²) >= 11 is 0. The fourth-order valence-corrected chi connectivity index (χ4v) is 2.56. The Kier molecular flexibility index (Phi) is 3.77. The molecule has 2 aromatic carbocycles. The Bertz CT molecular complexity index is 790. The molecular formula is C18H19NO3. The number of fused-ring (bicyclic) bond motifs is 1. The molecule has 0 bridgehead atoms. The van der Waals surface area contributed by atoms with Gasteiger partial charge in [-0.1, -0.05) is 19.1 Å². The number of hydrogen-bond donors (Lipinski definition) is 2. The lowest BCUT2D eigenvalue weighted by Crippen LogP contribution is -1.99. The van der Waals surface area contributed by atoms with Crippen LogP contribution < -0.4 is 4.74 Å². The number of nitrogens with zero attached hydrogens (tertiary/aromatic N) is 1. The zero-order chi connectivity index (χ0) is 15.7. The van der Waals surface area contributed by atoms with E-state index in [0.717, 1.165) is 22.0 Å². The van der Waals surface area contributed by atoms with Crippen molar-refractivity contribution in [1.29, 1.82) is 0 Å². The first-order valence-corrected chi connectivity index (χ1v) is 7.23. The molecule has 4 nitrogen and oxygen atoms in total. The molecule has 2 N–H and O–H groups in total. The summed E-state index contributed by atoms with van der Waals surface area (Å²) in [6, 6.07) is 13.4. The largest absolute Gasteiger partial charge is 0.497 e. The van der Waals surface area contributed by atoms with Crippen molar-refractivity contribution in [3.63, 3.8) is 0 Å². The van der Waals surface area contributed by atoms with Gasteiger partial charge in [0.05, 0.1) is 7.11 Å². The van der Waals surface area contributed by atoms with E-state index in [9.17, 15) is 10.2 Å². The lowest BCUT2D eigenvalue weighted by molar-refractivity contribution is 0.273. The summed E-state index contributed by atoms with van der Waals surface area (Å²) in [7, 11) is 1.61. The third-order valence-electron chi connectivity index (χ3n) is 4.01. The molecule has 0 aliphatic carbocycles. The average Bonchev–Trinajstić information content (AvgIpc) is 2.90. The standard InChI is InChI=1S/C18H19NO3/c1-12(11-20)13-3-6-15(7-4-13)19-10-14-5-8-16(22-2)9-17(14)18(19)21/h3-10,12,20-21H,11H2,1-2H3. The molecule has 0 fully saturated rings. The Balaban J connectivity index is 2.04. The predicted octanol–water partition coefficient (Wildman–Crippen LogP) is 3.44. The molecule has 3 rings (SSSR count). The molecule has 0 aliphatic heterocycles. The van der Waals surface area contributed by atoms with Gasteiger partial charge in [-0.25, -0.2) is 0 Å². The third-order valence-corrected chi connectivity index (χ3v) is 4.01. The van der Waals surface area contributed by atoms with Gasteiger partial charge >= 0.3 is 0 Å². The smallest absolute Gasteiger partial charge is 0.203 e. The van der Waals surface area contributed by atoms with Crippen molar-refractivity contribution in [3.8, 4) is 17.3 Å². The van der Waals surface area contributed by atoms with Gasteiger partial charge in [0.1, 0.15) is 5.75 Å². The molecule has 1 aromatic heterocycles. The Labute approximate surface area is 129 Å².